The zero-order valence-electron chi connectivity index (χ0n) is 22.9. The molecule has 206 valence electrons. The Morgan fingerprint density at radius 1 is 1.11 bits per heavy atom. The fraction of sp³-hybridized carbons (Fsp3) is 0.714. The number of aliphatic hydroxyl groups is 1. The Labute approximate surface area is 218 Å². The van der Waals surface area contributed by atoms with E-state index in [1.807, 2.05) is 33.8 Å². The Kier molecular flexibility index (Phi) is 8.88. The number of carbonyl (C=O) groups is 4. The Bertz CT molecular complexity index is 996. The number of ether oxygens (including phenoxy) is 4. The fourth-order valence-corrected chi connectivity index (χ4v) is 6.33. The third kappa shape index (κ3) is 5.76. The molecule has 8 atom stereocenters. The summed E-state index contributed by atoms with van der Waals surface area (Å²) in [7, 11) is 0. The van der Waals surface area contributed by atoms with E-state index in [0.29, 0.717) is 30.4 Å². The summed E-state index contributed by atoms with van der Waals surface area (Å²) in [6.45, 7) is 11.7. The maximum absolute atomic E-state index is 12.8. The number of hydrogen-bond acceptors (Lipinski definition) is 9. The first-order valence-electron chi connectivity index (χ1n) is 13.1. The molecule has 0 radical (unpaired) electrons. The van der Waals surface area contributed by atoms with Gasteiger partial charge in [0.1, 0.15) is 24.4 Å². The quantitative estimate of drug-likeness (QED) is 0.329. The van der Waals surface area contributed by atoms with Crippen molar-refractivity contribution < 1.29 is 43.2 Å². The molecule has 1 N–H and O–H groups in total. The fourth-order valence-electron chi connectivity index (χ4n) is 6.33. The van der Waals surface area contributed by atoms with E-state index in [1.165, 1.54) is 13.8 Å². The van der Waals surface area contributed by atoms with Crippen molar-refractivity contribution in [3.05, 3.63) is 22.8 Å². The molecule has 0 unspecified atom stereocenters. The normalized spacial score (nSPS) is 37.4. The van der Waals surface area contributed by atoms with Crippen molar-refractivity contribution in [2.24, 2.45) is 17.3 Å². The van der Waals surface area contributed by atoms with Crippen molar-refractivity contribution in [2.75, 3.05) is 0 Å². The molecule has 0 saturated heterocycles. The highest BCUT2D eigenvalue weighted by atomic mass is 16.6. The van der Waals surface area contributed by atoms with Gasteiger partial charge in [0.15, 0.2) is 0 Å². The van der Waals surface area contributed by atoms with Gasteiger partial charge < -0.3 is 24.1 Å². The van der Waals surface area contributed by atoms with Crippen LogP contribution < -0.4 is 0 Å². The number of hydrogen-bond donors (Lipinski definition) is 1. The van der Waals surface area contributed by atoms with Crippen LogP contribution in [-0.2, 0) is 38.1 Å². The second kappa shape index (κ2) is 11.4. The van der Waals surface area contributed by atoms with Crippen molar-refractivity contribution in [1.82, 2.24) is 0 Å². The molecule has 0 aromatic carbocycles. The summed E-state index contributed by atoms with van der Waals surface area (Å²) in [6.07, 6.45) is -0.421. The van der Waals surface area contributed by atoms with Crippen LogP contribution in [-0.4, -0.2) is 59.5 Å². The number of esters is 4. The first-order chi connectivity index (χ1) is 17.3. The Morgan fingerprint density at radius 3 is 2.35 bits per heavy atom. The van der Waals surface area contributed by atoms with Gasteiger partial charge in [0.2, 0.25) is 0 Å². The van der Waals surface area contributed by atoms with Crippen LogP contribution in [0.1, 0.15) is 80.6 Å². The van der Waals surface area contributed by atoms with Crippen LogP contribution in [0.5, 0.6) is 0 Å². The second-order valence-corrected chi connectivity index (χ2v) is 10.9. The zero-order chi connectivity index (χ0) is 27.7. The third-order valence-corrected chi connectivity index (χ3v) is 8.21. The van der Waals surface area contributed by atoms with Crippen LogP contribution >= 0.6 is 0 Å². The van der Waals surface area contributed by atoms with E-state index >= 15 is 0 Å². The lowest BCUT2D eigenvalue weighted by molar-refractivity contribution is -0.220. The molecule has 2 aliphatic carbocycles. The summed E-state index contributed by atoms with van der Waals surface area (Å²) in [5.74, 6) is -3.11. The van der Waals surface area contributed by atoms with Gasteiger partial charge in [-0.3, -0.25) is 14.4 Å². The minimum absolute atomic E-state index is 0.133. The molecular weight excluding hydrogens is 480 g/mol. The summed E-state index contributed by atoms with van der Waals surface area (Å²) in [5.41, 5.74) is 0.686. The van der Waals surface area contributed by atoms with Gasteiger partial charge in [0, 0.05) is 49.2 Å². The molecule has 1 aliphatic heterocycles. The molecule has 1 fully saturated rings. The number of allylic oxidation sites excluding steroid dienone is 1. The van der Waals surface area contributed by atoms with Crippen LogP contribution in [0, 0.1) is 17.3 Å². The van der Waals surface area contributed by atoms with Crippen molar-refractivity contribution in [1.29, 1.82) is 0 Å². The van der Waals surface area contributed by atoms with E-state index in [9.17, 15) is 24.3 Å². The Hall–Kier alpha value is -2.68. The molecule has 0 spiro atoms. The van der Waals surface area contributed by atoms with Crippen molar-refractivity contribution >= 4 is 23.9 Å². The summed E-state index contributed by atoms with van der Waals surface area (Å²) in [4.78, 5) is 50.2. The summed E-state index contributed by atoms with van der Waals surface area (Å²) in [5, 5.41) is 11.1. The van der Waals surface area contributed by atoms with Crippen LogP contribution in [0.3, 0.4) is 0 Å². The van der Waals surface area contributed by atoms with Gasteiger partial charge in [0.05, 0.1) is 6.10 Å². The van der Waals surface area contributed by atoms with E-state index in [0.717, 1.165) is 5.57 Å². The van der Waals surface area contributed by atoms with Gasteiger partial charge >= 0.3 is 23.9 Å². The van der Waals surface area contributed by atoms with Gasteiger partial charge in [-0.1, -0.05) is 26.3 Å². The zero-order valence-corrected chi connectivity index (χ0v) is 22.9. The van der Waals surface area contributed by atoms with Gasteiger partial charge in [-0.2, -0.15) is 0 Å². The van der Waals surface area contributed by atoms with Crippen LogP contribution in [0.4, 0.5) is 0 Å². The highest BCUT2D eigenvalue weighted by Gasteiger charge is 2.62. The number of rotatable bonds is 5. The van der Waals surface area contributed by atoms with Gasteiger partial charge in [0.25, 0.3) is 0 Å². The topological polar surface area (TPSA) is 125 Å². The molecule has 9 nitrogen and oxygen atoms in total. The molecule has 37 heavy (non-hydrogen) atoms. The average molecular weight is 521 g/mol. The minimum atomic E-state index is -1.06. The molecule has 1 heterocycles. The number of aliphatic hydroxyl groups excluding tert-OH is 1. The predicted molar refractivity (Wildman–Crippen MR) is 133 cm³/mol. The van der Waals surface area contributed by atoms with E-state index in [2.05, 4.69) is 0 Å². The highest BCUT2D eigenvalue weighted by Crippen LogP contribution is 2.55. The minimum Gasteiger partial charge on any atom is -0.462 e. The van der Waals surface area contributed by atoms with Gasteiger partial charge in [-0.15, -0.1) is 0 Å². The van der Waals surface area contributed by atoms with E-state index in [4.69, 9.17) is 18.9 Å². The predicted octanol–water partition coefficient (Wildman–Crippen LogP) is 3.57. The molecule has 1 saturated carbocycles. The van der Waals surface area contributed by atoms with Gasteiger partial charge in [-0.25, -0.2) is 4.79 Å². The standard InChI is InChI=1S/C28H40O9/c1-8-9-23(32)37-21-11-10-14(2)12-20-24(16(4)27(33)36-20)26(35-18(6)30)25-15(3)19(31)13-22(28(21,25)7)34-17(5)29/h12,15,19-22,25-26,31H,8-11,13H2,1-7H3/b14-12-/t15-,19+,20-,21-,22-,25+,26+,28-/m0/s1. The molecule has 3 aliphatic rings. The monoisotopic (exact) mass is 520 g/mol. The van der Waals surface area contributed by atoms with Crippen molar-refractivity contribution in [3.63, 3.8) is 0 Å². The summed E-state index contributed by atoms with van der Waals surface area (Å²) in [6, 6.07) is 0. The molecule has 0 aromatic rings. The Morgan fingerprint density at radius 2 is 1.76 bits per heavy atom. The molecular formula is C28H40O9. The molecule has 0 bridgehead atoms. The lowest BCUT2D eigenvalue weighted by Crippen LogP contribution is -2.63. The third-order valence-electron chi connectivity index (χ3n) is 8.21. The lowest BCUT2D eigenvalue weighted by atomic mass is 9.54. The lowest BCUT2D eigenvalue weighted by Gasteiger charge is -2.56. The molecule has 3 rings (SSSR count). The first kappa shape index (κ1) is 28.9. The van der Waals surface area contributed by atoms with Crippen LogP contribution in [0.25, 0.3) is 0 Å². The SMILES string of the molecule is CCCC(=O)O[C@H]1CC/C(C)=C\[C@@H]2OC(=O)C(C)=C2[C@@H](OC(C)=O)[C@H]2[C@@H](C)[C@H](O)C[C@H](OC(C)=O)[C@@]21C. The highest BCUT2D eigenvalue weighted by molar-refractivity contribution is 5.92. The van der Waals surface area contributed by atoms with E-state index < -0.39 is 65.7 Å². The maximum atomic E-state index is 12.8. The summed E-state index contributed by atoms with van der Waals surface area (Å²) < 4.78 is 23.5. The number of carbonyl (C=O) groups excluding carboxylic acids is 4. The van der Waals surface area contributed by atoms with Gasteiger partial charge in [-0.05, 0) is 45.1 Å². The number of fused-ring (bicyclic) bond motifs is 2. The maximum Gasteiger partial charge on any atom is 0.334 e. The summed E-state index contributed by atoms with van der Waals surface area (Å²) >= 11 is 0. The van der Waals surface area contributed by atoms with Crippen molar-refractivity contribution in [3.8, 4) is 0 Å². The molecule has 0 amide bonds. The largest absolute Gasteiger partial charge is 0.462 e. The molecule has 0 aromatic heterocycles. The van der Waals surface area contributed by atoms with Crippen molar-refractivity contribution in [2.45, 2.75) is 111 Å². The molecule has 9 heteroatoms. The first-order valence-corrected chi connectivity index (χ1v) is 13.1. The second-order valence-electron chi connectivity index (χ2n) is 10.9. The van der Waals surface area contributed by atoms with Crippen LogP contribution in [0.15, 0.2) is 22.8 Å². The van der Waals surface area contributed by atoms with Crippen LogP contribution in [0.2, 0.25) is 0 Å². The smallest absolute Gasteiger partial charge is 0.334 e. The average Bonchev–Trinajstić information content (AvgIpc) is 3.06. The Balaban J connectivity index is 2.32. The van der Waals surface area contributed by atoms with E-state index in [-0.39, 0.29) is 18.8 Å². The van der Waals surface area contributed by atoms with E-state index in [1.54, 1.807) is 6.92 Å².